The number of nitrogens with two attached hydrogens (primary N) is 1. The first kappa shape index (κ1) is 32.0. The Morgan fingerprint density at radius 1 is 1.21 bits per heavy atom. The van der Waals surface area contributed by atoms with Crippen LogP contribution in [0.3, 0.4) is 0 Å². The summed E-state index contributed by atoms with van der Waals surface area (Å²) in [5.41, 5.74) is 3.44. The normalized spacial score (nSPS) is 16.7. The van der Waals surface area contributed by atoms with Crippen LogP contribution in [0.2, 0.25) is 0 Å². The van der Waals surface area contributed by atoms with Crippen molar-refractivity contribution in [3.05, 3.63) is 53.5 Å². The molecule has 43 heavy (non-hydrogen) atoms. The van der Waals surface area contributed by atoms with Gasteiger partial charge in [-0.2, -0.15) is 22.6 Å². The van der Waals surface area contributed by atoms with E-state index in [1.54, 1.807) is 0 Å². The van der Waals surface area contributed by atoms with Gasteiger partial charge in [-0.15, -0.1) is 0 Å². The van der Waals surface area contributed by atoms with E-state index >= 15 is 0 Å². The third-order valence-electron chi connectivity index (χ3n) is 6.91. The molecule has 1 atom stereocenters. The maximum Gasteiger partial charge on any atom is 0.434 e. The number of amides is 2. The Bertz CT molecular complexity index is 1680. The fourth-order valence-corrected chi connectivity index (χ4v) is 6.11. The fraction of sp³-hybridized carbons (Fsp3) is 0.407. The van der Waals surface area contributed by atoms with Crippen molar-refractivity contribution in [2.24, 2.45) is 17.1 Å². The minimum absolute atomic E-state index is 0.0293. The third-order valence-corrected chi connectivity index (χ3v) is 8.60. The number of anilines is 2. The molecule has 1 aliphatic rings. The molecule has 4 rings (SSSR count). The Labute approximate surface area is 244 Å². The zero-order valence-corrected chi connectivity index (χ0v) is 24.4. The summed E-state index contributed by atoms with van der Waals surface area (Å²) in [6.45, 7) is 0.506. The maximum atomic E-state index is 14.4. The second kappa shape index (κ2) is 12.0. The van der Waals surface area contributed by atoms with Crippen molar-refractivity contribution in [2.45, 2.75) is 43.2 Å². The molecule has 1 aromatic carbocycles. The summed E-state index contributed by atoms with van der Waals surface area (Å²) in [5, 5.41) is 6.56. The maximum absolute atomic E-state index is 14.4. The average Bonchev–Trinajstić information content (AvgIpc) is 3.25. The fourth-order valence-electron chi connectivity index (χ4n) is 4.86. The van der Waals surface area contributed by atoms with Crippen LogP contribution < -0.4 is 16.0 Å². The van der Waals surface area contributed by atoms with Crippen LogP contribution in [-0.2, 0) is 27.7 Å². The van der Waals surface area contributed by atoms with Gasteiger partial charge in [0.25, 0.3) is 11.8 Å². The minimum Gasteiger partial charge on any atom is -0.356 e. The molecule has 1 unspecified atom stereocenters. The molecule has 1 saturated heterocycles. The van der Waals surface area contributed by atoms with Crippen LogP contribution in [0.15, 0.2) is 45.9 Å². The zero-order valence-electron chi connectivity index (χ0n) is 23.5. The number of carbonyl (C=O) groups excluding carboxylic acids is 2. The van der Waals surface area contributed by atoms with E-state index in [9.17, 15) is 35.8 Å². The lowest BCUT2D eigenvalue weighted by Crippen LogP contribution is -2.31. The Morgan fingerprint density at radius 3 is 2.56 bits per heavy atom. The number of aryl methyl sites for hydroxylation is 1. The van der Waals surface area contributed by atoms with Crippen molar-refractivity contribution in [2.75, 3.05) is 36.1 Å². The van der Waals surface area contributed by atoms with Crippen molar-refractivity contribution in [1.29, 1.82) is 0 Å². The summed E-state index contributed by atoms with van der Waals surface area (Å²) in [7, 11) is -1.72. The summed E-state index contributed by atoms with van der Waals surface area (Å²) in [6, 6.07) is 5.64. The molecule has 2 amide bonds. The molecule has 3 N–H and O–H groups in total. The van der Waals surface area contributed by atoms with Gasteiger partial charge in [-0.3, -0.25) is 14.3 Å². The predicted molar refractivity (Wildman–Crippen MR) is 150 cm³/mol. The van der Waals surface area contributed by atoms with E-state index in [-0.39, 0.29) is 58.2 Å². The van der Waals surface area contributed by atoms with Gasteiger partial charge in [-0.05, 0) is 37.1 Å². The van der Waals surface area contributed by atoms with Crippen LogP contribution >= 0.6 is 0 Å². The second-order valence-electron chi connectivity index (χ2n) is 10.2. The molecule has 1 aliphatic heterocycles. The van der Waals surface area contributed by atoms with Crippen LogP contribution in [0.25, 0.3) is 11.1 Å². The number of hydrogen-bond acceptors (Lipinski definition) is 7. The molecule has 3 aromatic rings. The van der Waals surface area contributed by atoms with E-state index < -0.39 is 58.7 Å². The number of rotatable bonds is 6. The summed E-state index contributed by atoms with van der Waals surface area (Å²) in [4.78, 5) is 30.8. The highest BCUT2D eigenvalue weighted by atomic mass is 32.2. The van der Waals surface area contributed by atoms with E-state index in [1.807, 2.05) is 0 Å². The number of benzene rings is 1. The summed E-state index contributed by atoms with van der Waals surface area (Å²) in [5.74, 6) is -5.06. The molecule has 0 aliphatic carbocycles. The van der Waals surface area contributed by atoms with Gasteiger partial charge >= 0.3 is 6.18 Å². The summed E-state index contributed by atoms with van der Waals surface area (Å²) in [6.07, 6.45) is -2.28. The SMILES string of the molecule is Cc1c(C(=O)Nc2cccc(S(C)(=O)=NC(=O)CN)c2)c(N2CCCC(F)(F)CC2)nc(C(F)(F)F)c1-c1cnn(C)c1. The zero-order chi connectivity index (χ0) is 31.7. The van der Waals surface area contributed by atoms with Gasteiger partial charge in [0.1, 0.15) is 5.82 Å². The average molecular weight is 628 g/mol. The molecule has 2 aromatic heterocycles. The van der Waals surface area contributed by atoms with Crippen LogP contribution in [0.4, 0.5) is 33.5 Å². The Morgan fingerprint density at radius 2 is 1.93 bits per heavy atom. The van der Waals surface area contributed by atoms with Crippen LogP contribution in [0.1, 0.15) is 40.9 Å². The van der Waals surface area contributed by atoms with E-state index in [0.717, 1.165) is 0 Å². The highest BCUT2D eigenvalue weighted by molar-refractivity contribution is 7.93. The molecule has 10 nitrogen and oxygen atoms in total. The first-order valence-electron chi connectivity index (χ1n) is 13.1. The van der Waals surface area contributed by atoms with Crippen molar-refractivity contribution >= 4 is 33.0 Å². The highest BCUT2D eigenvalue weighted by Crippen LogP contribution is 2.42. The van der Waals surface area contributed by atoms with Gasteiger partial charge in [-0.1, -0.05) is 6.07 Å². The van der Waals surface area contributed by atoms with Crippen molar-refractivity contribution in [1.82, 2.24) is 14.8 Å². The van der Waals surface area contributed by atoms with Gasteiger partial charge in [0.05, 0.1) is 28.0 Å². The van der Waals surface area contributed by atoms with Crippen molar-refractivity contribution in [3.8, 4) is 11.1 Å². The number of nitrogens with one attached hydrogen (secondary N) is 1. The van der Waals surface area contributed by atoms with E-state index in [0.29, 0.717) is 0 Å². The van der Waals surface area contributed by atoms with Crippen LogP contribution in [0, 0.1) is 6.92 Å². The molecular weight excluding hydrogens is 597 g/mol. The topological polar surface area (TPSA) is 136 Å². The second-order valence-corrected chi connectivity index (χ2v) is 12.5. The van der Waals surface area contributed by atoms with E-state index in [4.69, 9.17) is 5.73 Å². The Hall–Kier alpha value is -3.92. The lowest BCUT2D eigenvalue weighted by Gasteiger charge is -2.27. The summed E-state index contributed by atoms with van der Waals surface area (Å²) >= 11 is 0. The van der Waals surface area contributed by atoms with E-state index in [2.05, 4.69) is 19.8 Å². The number of carbonyl (C=O) groups is 2. The number of aromatic nitrogens is 3. The Balaban J connectivity index is 1.88. The molecule has 0 radical (unpaired) electrons. The minimum atomic E-state index is -4.95. The molecule has 232 valence electrons. The standard InChI is InChI=1S/C27H30F5N7O3S/c1-16-21(17-14-34-38(2)15-17)23(27(30,31)32)36-24(39-10-5-8-26(28,29)9-11-39)22(16)25(41)35-18-6-4-7-19(12-18)43(3,42)37-20(40)13-33/h4,6-7,12,14-15H,5,8-11,13,33H2,1-3H3,(H,35,41). The Kier molecular flexibility index (Phi) is 8.92. The van der Waals surface area contributed by atoms with Gasteiger partial charge < -0.3 is 16.0 Å². The number of pyridine rings is 1. The van der Waals surface area contributed by atoms with Gasteiger partial charge in [0.15, 0.2) is 5.69 Å². The molecular formula is C27H30F5N7O3S. The number of alkyl halides is 5. The number of hydrogen-bond donors (Lipinski definition) is 2. The van der Waals surface area contributed by atoms with Gasteiger partial charge in [0, 0.05) is 67.1 Å². The monoisotopic (exact) mass is 627 g/mol. The molecule has 16 heteroatoms. The molecule has 1 fully saturated rings. The first-order chi connectivity index (χ1) is 20.0. The first-order valence-corrected chi connectivity index (χ1v) is 15.0. The van der Waals surface area contributed by atoms with Crippen LogP contribution in [-0.4, -0.2) is 62.6 Å². The van der Waals surface area contributed by atoms with Crippen molar-refractivity contribution < 1.29 is 35.8 Å². The molecule has 0 bridgehead atoms. The van der Waals surface area contributed by atoms with Gasteiger partial charge in [0.2, 0.25) is 5.92 Å². The number of halogens is 5. The highest BCUT2D eigenvalue weighted by Gasteiger charge is 2.41. The lowest BCUT2D eigenvalue weighted by atomic mass is 9.95. The lowest BCUT2D eigenvalue weighted by molar-refractivity contribution is -0.140. The molecule has 3 heterocycles. The van der Waals surface area contributed by atoms with Gasteiger partial charge in [-0.25, -0.2) is 18.0 Å². The largest absolute Gasteiger partial charge is 0.434 e. The third kappa shape index (κ3) is 7.18. The van der Waals surface area contributed by atoms with Crippen molar-refractivity contribution in [3.63, 3.8) is 0 Å². The van der Waals surface area contributed by atoms with Crippen LogP contribution in [0.5, 0.6) is 0 Å². The smallest absolute Gasteiger partial charge is 0.356 e. The predicted octanol–water partition coefficient (Wildman–Crippen LogP) is 4.63. The molecule has 0 saturated carbocycles. The number of nitrogens with zero attached hydrogens (tertiary/aromatic N) is 5. The molecule has 0 spiro atoms. The quantitative estimate of drug-likeness (QED) is 0.381. The summed E-state index contributed by atoms with van der Waals surface area (Å²) < 4.78 is 89.6. The van der Waals surface area contributed by atoms with E-state index in [1.165, 1.54) is 66.5 Å².